The van der Waals surface area contributed by atoms with E-state index in [4.69, 9.17) is 4.74 Å². The summed E-state index contributed by atoms with van der Waals surface area (Å²) in [7, 11) is 1.56. The maximum absolute atomic E-state index is 9.71. The summed E-state index contributed by atoms with van der Waals surface area (Å²) >= 11 is 0. The van der Waals surface area contributed by atoms with E-state index in [9.17, 15) is 5.11 Å². The van der Waals surface area contributed by atoms with Gasteiger partial charge in [-0.3, -0.25) is 0 Å². The van der Waals surface area contributed by atoms with Crippen molar-refractivity contribution >= 4 is 0 Å². The van der Waals surface area contributed by atoms with Crippen molar-refractivity contribution < 1.29 is 9.84 Å². The molecule has 72 valence electrons. The Morgan fingerprint density at radius 2 is 2.08 bits per heavy atom. The van der Waals surface area contributed by atoms with Crippen LogP contribution in [0.1, 0.15) is 19.4 Å². The molecule has 1 N–H and O–H groups in total. The molecule has 0 heterocycles. The van der Waals surface area contributed by atoms with Crippen molar-refractivity contribution in [2.75, 3.05) is 7.11 Å². The van der Waals surface area contributed by atoms with E-state index in [1.54, 1.807) is 13.2 Å². The van der Waals surface area contributed by atoms with Gasteiger partial charge in [0.2, 0.25) is 0 Å². The second-order valence-corrected chi connectivity index (χ2v) is 3.57. The van der Waals surface area contributed by atoms with Gasteiger partial charge >= 0.3 is 0 Å². The summed E-state index contributed by atoms with van der Waals surface area (Å²) in [4.78, 5) is 0. The maximum Gasteiger partial charge on any atom is 0.160 e. The summed E-state index contributed by atoms with van der Waals surface area (Å²) in [5, 5.41) is 9.71. The summed E-state index contributed by atoms with van der Waals surface area (Å²) in [5.74, 6) is 1.37. The van der Waals surface area contributed by atoms with Gasteiger partial charge in [0.1, 0.15) is 0 Å². The summed E-state index contributed by atoms with van der Waals surface area (Å²) in [6.07, 6.45) is 0.878. The second kappa shape index (κ2) is 4.17. The van der Waals surface area contributed by atoms with Gasteiger partial charge in [0, 0.05) is 0 Å². The third-order valence-corrected chi connectivity index (χ3v) is 1.93. The number of phenols is 1. The zero-order valence-electron chi connectivity index (χ0n) is 8.37. The van der Waals surface area contributed by atoms with Crippen molar-refractivity contribution in [3.63, 3.8) is 0 Å². The zero-order valence-corrected chi connectivity index (χ0v) is 8.37. The number of rotatable bonds is 3. The van der Waals surface area contributed by atoms with Crippen LogP contribution in [0.25, 0.3) is 0 Å². The predicted octanol–water partition coefficient (Wildman–Crippen LogP) is 2.60. The average Bonchev–Trinajstić information content (AvgIpc) is 2.08. The highest BCUT2D eigenvalue weighted by atomic mass is 16.5. The van der Waals surface area contributed by atoms with Gasteiger partial charge in [-0.25, -0.2) is 0 Å². The lowest BCUT2D eigenvalue weighted by Crippen LogP contribution is -1.95. The van der Waals surface area contributed by atoms with Crippen molar-refractivity contribution in [1.82, 2.24) is 0 Å². The standard InChI is InChI=1S/C11H16O2/c1-8(2)7-9-5-4-6-10(13-3)11(9)12/h4-6,8,12H,7H2,1-3H3. The zero-order chi connectivity index (χ0) is 9.84. The van der Waals surface area contributed by atoms with Crippen molar-refractivity contribution in [3.8, 4) is 11.5 Å². The number of ether oxygens (including phenoxy) is 1. The second-order valence-electron chi connectivity index (χ2n) is 3.57. The van der Waals surface area contributed by atoms with Crippen LogP contribution in [0.5, 0.6) is 11.5 Å². The van der Waals surface area contributed by atoms with Crippen LogP contribution in [0.4, 0.5) is 0 Å². The van der Waals surface area contributed by atoms with Crippen LogP contribution >= 0.6 is 0 Å². The Hall–Kier alpha value is -1.18. The lowest BCUT2D eigenvalue weighted by Gasteiger charge is -2.10. The fourth-order valence-corrected chi connectivity index (χ4v) is 1.34. The highest BCUT2D eigenvalue weighted by Crippen LogP contribution is 2.30. The molecule has 0 amide bonds. The molecule has 1 aromatic carbocycles. The highest BCUT2D eigenvalue weighted by molar-refractivity contribution is 5.45. The van der Waals surface area contributed by atoms with E-state index in [0.29, 0.717) is 11.7 Å². The first-order valence-electron chi connectivity index (χ1n) is 4.50. The van der Waals surface area contributed by atoms with Gasteiger partial charge in [0.25, 0.3) is 0 Å². The molecule has 0 bridgehead atoms. The van der Waals surface area contributed by atoms with Crippen LogP contribution in [-0.4, -0.2) is 12.2 Å². The predicted molar refractivity (Wildman–Crippen MR) is 53.2 cm³/mol. The fraction of sp³-hybridized carbons (Fsp3) is 0.455. The lowest BCUT2D eigenvalue weighted by molar-refractivity contribution is 0.369. The lowest BCUT2D eigenvalue weighted by atomic mass is 10.0. The molecule has 0 spiro atoms. The van der Waals surface area contributed by atoms with Gasteiger partial charge in [-0.15, -0.1) is 0 Å². The van der Waals surface area contributed by atoms with Gasteiger partial charge in [-0.2, -0.15) is 0 Å². The third kappa shape index (κ3) is 2.38. The minimum atomic E-state index is 0.277. The van der Waals surface area contributed by atoms with E-state index < -0.39 is 0 Å². The summed E-state index contributed by atoms with van der Waals surface area (Å²) in [5.41, 5.74) is 0.953. The van der Waals surface area contributed by atoms with Crippen LogP contribution in [-0.2, 0) is 6.42 Å². The Bertz CT molecular complexity index is 279. The summed E-state index contributed by atoms with van der Waals surface area (Å²) < 4.78 is 5.02. The Balaban J connectivity index is 2.94. The number of hydrogen-bond acceptors (Lipinski definition) is 2. The van der Waals surface area contributed by atoms with E-state index in [-0.39, 0.29) is 5.75 Å². The molecule has 1 rings (SSSR count). The third-order valence-electron chi connectivity index (χ3n) is 1.93. The monoisotopic (exact) mass is 180 g/mol. The molecule has 0 aromatic heterocycles. The van der Waals surface area contributed by atoms with E-state index in [1.807, 2.05) is 12.1 Å². The minimum Gasteiger partial charge on any atom is -0.504 e. The fourth-order valence-electron chi connectivity index (χ4n) is 1.34. The number of methoxy groups -OCH3 is 1. The van der Waals surface area contributed by atoms with E-state index in [1.165, 1.54) is 0 Å². The largest absolute Gasteiger partial charge is 0.504 e. The van der Waals surface area contributed by atoms with Crippen LogP contribution in [0.2, 0.25) is 0 Å². The first-order valence-corrected chi connectivity index (χ1v) is 4.50. The topological polar surface area (TPSA) is 29.5 Å². The smallest absolute Gasteiger partial charge is 0.160 e. The van der Waals surface area contributed by atoms with Crippen molar-refractivity contribution in [1.29, 1.82) is 0 Å². The molecular weight excluding hydrogens is 164 g/mol. The molecular formula is C11H16O2. The molecule has 0 fully saturated rings. The average molecular weight is 180 g/mol. The molecule has 0 unspecified atom stereocenters. The molecule has 2 heteroatoms. The van der Waals surface area contributed by atoms with Crippen LogP contribution < -0.4 is 4.74 Å². The number of aromatic hydroxyl groups is 1. The SMILES string of the molecule is COc1cccc(CC(C)C)c1O. The number of para-hydroxylation sites is 1. The molecule has 2 nitrogen and oxygen atoms in total. The van der Waals surface area contributed by atoms with Crippen molar-refractivity contribution in [3.05, 3.63) is 23.8 Å². The first-order chi connectivity index (χ1) is 6.15. The maximum atomic E-state index is 9.71. The molecule has 0 aliphatic carbocycles. The Morgan fingerprint density at radius 3 is 2.62 bits per heavy atom. The summed E-state index contributed by atoms with van der Waals surface area (Å²) in [6, 6.07) is 5.59. The highest BCUT2D eigenvalue weighted by Gasteiger charge is 2.07. The molecule has 1 aromatic rings. The molecule has 0 saturated carbocycles. The quantitative estimate of drug-likeness (QED) is 0.774. The molecule has 0 radical (unpaired) electrons. The first kappa shape index (κ1) is 9.90. The molecule has 0 aliphatic rings. The van der Waals surface area contributed by atoms with Gasteiger partial charge in [-0.1, -0.05) is 26.0 Å². The van der Waals surface area contributed by atoms with Gasteiger partial charge < -0.3 is 9.84 Å². The van der Waals surface area contributed by atoms with E-state index in [2.05, 4.69) is 13.8 Å². The number of phenolic OH excluding ortho intramolecular Hbond substituents is 1. The van der Waals surface area contributed by atoms with Crippen LogP contribution in [0, 0.1) is 5.92 Å². The normalized spacial score (nSPS) is 10.5. The van der Waals surface area contributed by atoms with Crippen molar-refractivity contribution in [2.24, 2.45) is 5.92 Å². The van der Waals surface area contributed by atoms with E-state index in [0.717, 1.165) is 12.0 Å². The Labute approximate surface area is 79.2 Å². The Kier molecular flexibility index (Phi) is 3.18. The number of benzene rings is 1. The summed E-state index contributed by atoms with van der Waals surface area (Å²) in [6.45, 7) is 4.25. The Morgan fingerprint density at radius 1 is 1.38 bits per heavy atom. The number of hydrogen-bond donors (Lipinski definition) is 1. The van der Waals surface area contributed by atoms with Gasteiger partial charge in [0.15, 0.2) is 11.5 Å². The van der Waals surface area contributed by atoms with Gasteiger partial charge in [-0.05, 0) is 24.0 Å². The molecule has 0 saturated heterocycles. The van der Waals surface area contributed by atoms with Crippen LogP contribution in [0.3, 0.4) is 0 Å². The van der Waals surface area contributed by atoms with E-state index >= 15 is 0 Å². The molecule has 0 atom stereocenters. The van der Waals surface area contributed by atoms with Crippen LogP contribution in [0.15, 0.2) is 18.2 Å². The minimum absolute atomic E-state index is 0.277. The van der Waals surface area contributed by atoms with Gasteiger partial charge in [0.05, 0.1) is 7.11 Å². The molecule has 0 aliphatic heterocycles. The molecule has 13 heavy (non-hydrogen) atoms. The van der Waals surface area contributed by atoms with Crippen molar-refractivity contribution in [2.45, 2.75) is 20.3 Å².